The third-order valence-corrected chi connectivity index (χ3v) is 6.73. The van der Waals surface area contributed by atoms with Gasteiger partial charge in [0.15, 0.2) is 5.17 Å². The highest BCUT2D eigenvalue weighted by Gasteiger charge is 2.36. The summed E-state index contributed by atoms with van der Waals surface area (Å²) < 4.78 is 5.21. The highest BCUT2D eigenvalue weighted by molar-refractivity contribution is 8.15. The molecule has 1 unspecified atom stereocenters. The summed E-state index contributed by atoms with van der Waals surface area (Å²) in [5.41, 5.74) is 2.09. The van der Waals surface area contributed by atoms with E-state index in [9.17, 15) is 9.59 Å². The van der Waals surface area contributed by atoms with Crippen molar-refractivity contribution in [3.63, 3.8) is 0 Å². The molecule has 6 nitrogen and oxygen atoms in total. The van der Waals surface area contributed by atoms with Crippen molar-refractivity contribution in [1.29, 1.82) is 0 Å². The SMILES string of the molecule is COc1cccc(NC(=O)C2CC(=O)N(Cc3ccc(Cl)cc3)C(=Nc3cccc(Cl)c3)S2)c1. The van der Waals surface area contributed by atoms with Gasteiger partial charge in [-0.05, 0) is 48.0 Å². The molecule has 1 fully saturated rings. The predicted molar refractivity (Wildman–Crippen MR) is 138 cm³/mol. The van der Waals surface area contributed by atoms with Crippen molar-refractivity contribution in [2.45, 2.75) is 18.2 Å². The van der Waals surface area contributed by atoms with E-state index < -0.39 is 5.25 Å². The van der Waals surface area contributed by atoms with Crippen LogP contribution in [0.5, 0.6) is 5.75 Å². The normalized spacial score (nSPS) is 17.0. The first kappa shape index (κ1) is 24.1. The first-order chi connectivity index (χ1) is 16.4. The molecule has 1 saturated heterocycles. The number of benzene rings is 3. The number of anilines is 1. The molecule has 0 aliphatic carbocycles. The van der Waals surface area contributed by atoms with Gasteiger partial charge in [-0.25, -0.2) is 4.99 Å². The van der Waals surface area contributed by atoms with Crippen LogP contribution >= 0.6 is 35.0 Å². The smallest absolute Gasteiger partial charge is 0.238 e. The van der Waals surface area contributed by atoms with Gasteiger partial charge in [0, 0.05) is 28.2 Å². The maximum atomic E-state index is 13.2. The van der Waals surface area contributed by atoms with Gasteiger partial charge in [0.25, 0.3) is 0 Å². The number of carbonyl (C=O) groups is 2. The van der Waals surface area contributed by atoms with Gasteiger partial charge < -0.3 is 10.1 Å². The number of halogens is 2. The van der Waals surface area contributed by atoms with Crippen molar-refractivity contribution in [3.8, 4) is 5.75 Å². The predicted octanol–water partition coefficient (Wildman–Crippen LogP) is 6.16. The molecule has 0 aromatic heterocycles. The topological polar surface area (TPSA) is 71.0 Å². The van der Waals surface area contributed by atoms with Crippen molar-refractivity contribution >= 4 is 63.3 Å². The van der Waals surface area contributed by atoms with E-state index in [1.807, 2.05) is 12.1 Å². The van der Waals surface area contributed by atoms with Crippen molar-refractivity contribution in [1.82, 2.24) is 4.90 Å². The molecule has 1 aliphatic rings. The van der Waals surface area contributed by atoms with Crippen molar-refractivity contribution < 1.29 is 14.3 Å². The molecular formula is C25H21Cl2N3O3S. The lowest BCUT2D eigenvalue weighted by molar-refractivity contribution is -0.129. The standard InChI is InChI=1S/C25H21Cl2N3O3S/c1-33-21-7-3-6-20(13-21)28-24(32)22-14-23(31)30(15-16-8-10-17(26)11-9-16)25(34-22)29-19-5-2-4-18(27)12-19/h2-13,22H,14-15H2,1H3,(H,28,32). The number of rotatable bonds is 6. The summed E-state index contributed by atoms with van der Waals surface area (Å²) in [6.07, 6.45) is 0.0443. The average Bonchev–Trinajstić information content (AvgIpc) is 2.82. The van der Waals surface area contributed by atoms with E-state index >= 15 is 0 Å². The van der Waals surface area contributed by atoms with Crippen LogP contribution in [0.4, 0.5) is 11.4 Å². The van der Waals surface area contributed by atoms with E-state index in [1.54, 1.807) is 72.7 Å². The van der Waals surface area contributed by atoms with Crippen LogP contribution in [-0.2, 0) is 16.1 Å². The Morgan fingerprint density at radius 2 is 1.85 bits per heavy atom. The second-order valence-corrected chi connectivity index (χ2v) is 9.56. The number of amidine groups is 1. The van der Waals surface area contributed by atoms with Crippen LogP contribution in [0.15, 0.2) is 77.8 Å². The van der Waals surface area contributed by atoms with E-state index in [4.69, 9.17) is 27.9 Å². The zero-order valence-electron chi connectivity index (χ0n) is 18.2. The second-order valence-electron chi connectivity index (χ2n) is 7.51. The van der Waals surface area contributed by atoms with Gasteiger partial charge in [0.05, 0.1) is 19.3 Å². The van der Waals surface area contributed by atoms with Crippen LogP contribution in [-0.4, -0.2) is 34.2 Å². The van der Waals surface area contributed by atoms with E-state index in [0.717, 1.165) is 5.56 Å². The minimum Gasteiger partial charge on any atom is -0.497 e. The summed E-state index contributed by atoms with van der Waals surface area (Å²) in [5, 5.41) is 3.81. The number of ether oxygens (including phenoxy) is 1. The average molecular weight is 514 g/mol. The van der Waals surface area contributed by atoms with Crippen LogP contribution in [0.3, 0.4) is 0 Å². The fraction of sp³-hybridized carbons (Fsp3) is 0.160. The summed E-state index contributed by atoms with van der Waals surface area (Å²) >= 11 is 13.4. The second kappa shape index (κ2) is 11.0. The molecule has 9 heteroatoms. The Morgan fingerprint density at radius 1 is 1.09 bits per heavy atom. The largest absolute Gasteiger partial charge is 0.497 e. The fourth-order valence-corrected chi connectivity index (χ4v) is 4.76. The molecule has 34 heavy (non-hydrogen) atoms. The van der Waals surface area contributed by atoms with Crippen LogP contribution in [0.2, 0.25) is 10.0 Å². The molecule has 0 spiro atoms. The Balaban J connectivity index is 1.59. The number of nitrogens with zero attached hydrogens (tertiary/aromatic N) is 2. The third-order valence-electron chi connectivity index (χ3n) is 5.06. The first-order valence-corrected chi connectivity index (χ1v) is 12.1. The molecule has 1 aliphatic heterocycles. The lowest BCUT2D eigenvalue weighted by Gasteiger charge is -2.32. The molecule has 3 aromatic carbocycles. The first-order valence-electron chi connectivity index (χ1n) is 10.4. The molecule has 3 aromatic rings. The number of thioether (sulfide) groups is 1. The number of aliphatic imine (C=N–C) groups is 1. The Bertz CT molecular complexity index is 1230. The van der Waals surface area contributed by atoms with Crippen LogP contribution in [0.25, 0.3) is 0 Å². The molecule has 0 radical (unpaired) electrons. The van der Waals surface area contributed by atoms with Crippen LogP contribution < -0.4 is 10.1 Å². The zero-order valence-corrected chi connectivity index (χ0v) is 20.5. The summed E-state index contributed by atoms with van der Waals surface area (Å²) in [5.74, 6) is 0.152. The molecule has 0 saturated carbocycles. The van der Waals surface area contributed by atoms with Gasteiger partial charge in [-0.2, -0.15) is 0 Å². The monoisotopic (exact) mass is 513 g/mol. The summed E-state index contributed by atoms with van der Waals surface area (Å²) in [6.45, 7) is 0.312. The molecule has 174 valence electrons. The third kappa shape index (κ3) is 6.11. The lowest BCUT2D eigenvalue weighted by atomic mass is 10.2. The number of nitrogens with one attached hydrogen (secondary N) is 1. The van der Waals surface area contributed by atoms with Gasteiger partial charge >= 0.3 is 0 Å². The Hall–Kier alpha value is -3.00. The Kier molecular flexibility index (Phi) is 7.77. The van der Waals surface area contributed by atoms with E-state index in [2.05, 4.69) is 10.3 Å². The van der Waals surface area contributed by atoms with Crippen molar-refractivity contribution in [2.75, 3.05) is 12.4 Å². The number of carbonyl (C=O) groups excluding carboxylic acids is 2. The lowest BCUT2D eigenvalue weighted by Crippen LogP contribution is -2.44. The van der Waals surface area contributed by atoms with Gasteiger partial charge in [0.2, 0.25) is 11.8 Å². The zero-order chi connectivity index (χ0) is 24.1. The van der Waals surface area contributed by atoms with Crippen molar-refractivity contribution in [2.24, 2.45) is 4.99 Å². The summed E-state index contributed by atoms with van der Waals surface area (Å²) in [6, 6.07) is 21.4. The number of methoxy groups -OCH3 is 1. The summed E-state index contributed by atoms with van der Waals surface area (Å²) in [7, 11) is 1.56. The van der Waals surface area contributed by atoms with Gasteiger partial charge in [-0.15, -0.1) is 0 Å². The fourth-order valence-electron chi connectivity index (χ4n) is 3.35. The maximum absolute atomic E-state index is 13.2. The molecule has 0 bridgehead atoms. The van der Waals surface area contributed by atoms with Gasteiger partial charge in [0.1, 0.15) is 11.0 Å². The highest BCUT2D eigenvalue weighted by Crippen LogP contribution is 2.32. The van der Waals surface area contributed by atoms with E-state index in [1.165, 1.54) is 11.8 Å². The molecule has 1 heterocycles. The quantitative estimate of drug-likeness (QED) is 0.428. The molecule has 2 amide bonds. The highest BCUT2D eigenvalue weighted by atomic mass is 35.5. The number of hydrogen-bond donors (Lipinski definition) is 1. The Morgan fingerprint density at radius 3 is 2.59 bits per heavy atom. The van der Waals surface area contributed by atoms with Crippen LogP contribution in [0.1, 0.15) is 12.0 Å². The maximum Gasteiger partial charge on any atom is 0.238 e. The minimum atomic E-state index is -0.641. The summed E-state index contributed by atoms with van der Waals surface area (Å²) in [4.78, 5) is 32.5. The van der Waals surface area contributed by atoms with Crippen LogP contribution in [0, 0.1) is 0 Å². The van der Waals surface area contributed by atoms with Gasteiger partial charge in [-0.3, -0.25) is 14.5 Å². The molecular weight excluding hydrogens is 493 g/mol. The van der Waals surface area contributed by atoms with E-state index in [0.29, 0.717) is 38.9 Å². The van der Waals surface area contributed by atoms with Crippen molar-refractivity contribution in [3.05, 3.63) is 88.4 Å². The minimum absolute atomic E-state index is 0.0443. The Labute approximate surface area is 211 Å². The molecule has 4 rings (SSSR count). The number of amides is 2. The van der Waals surface area contributed by atoms with Gasteiger partial charge in [-0.1, -0.05) is 59.2 Å². The molecule has 1 atom stereocenters. The van der Waals surface area contributed by atoms with E-state index in [-0.39, 0.29) is 18.2 Å². The molecule has 1 N–H and O–H groups in total. The number of hydrogen-bond acceptors (Lipinski definition) is 5.